The minimum absolute atomic E-state index is 0.0181. The van der Waals surface area contributed by atoms with Crippen LogP contribution in [0.4, 0.5) is 5.69 Å². The summed E-state index contributed by atoms with van der Waals surface area (Å²) in [5.74, 6) is -8.43. The fourth-order valence-electron chi connectivity index (χ4n) is 7.02. The first-order valence-corrected chi connectivity index (χ1v) is 24.5. The Bertz CT molecular complexity index is 2180. The van der Waals surface area contributed by atoms with Crippen molar-refractivity contribution in [2.45, 2.75) is 116 Å². The van der Waals surface area contributed by atoms with Gasteiger partial charge >= 0.3 is 17.9 Å². The van der Waals surface area contributed by atoms with Crippen molar-refractivity contribution in [3.8, 4) is 0 Å². The normalized spacial score (nSPS) is 13.1. The molecular weight excluding hydrogens is 959 g/mol. The molecule has 71 heavy (non-hydrogen) atoms. The van der Waals surface area contributed by atoms with E-state index in [4.69, 9.17) is 15.2 Å². The fraction of sp³-hybridized carbons (Fsp3) is 0.628. The number of nitrogen functional groups attached to an aromatic ring is 1. The number of ether oxygens (including phenoxy) is 2. The Labute approximate surface area is 410 Å². The number of carbonyl (C=O) groups excluding carboxylic acids is 6. The number of tetrazole rings is 1. The van der Waals surface area contributed by atoms with Crippen LogP contribution in [0.5, 0.6) is 0 Å². The number of unbranched alkanes of at least 4 members (excludes halogenated alkanes) is 1. The summed E-state index contributed by atoms with van der Waals surface area (Å²) in [6.07, 6.45) is -0.325. The molecule has 6 amide bonds. The number of nitrogens with one attached hydrogen (secondary N) is 7. The van der Waals surface area contributed by atoms with Gasteiger partial charge in [0.2, 0.25) is 39.6 Å². The Morgan fingerprint density at radius 1 is 0.704 bits per heavy atom. The molecule has 0 aliphatic carbocycles. The topological polar surface area (TPSA) is 420 Å². The minimum atomic E-state index is -4.12. The lowest BCUT2D eigenvalue weighted by Crippen LogP contribution is -2.44. The van der Waals surface area contributed by atoms with Gasteiger partial charge in [-0.1, -0.05) is 26.0 Å². The molecule has 0 aliphatic rings. The van der Waals surface area contributed by atoms with Crippen LogP contribution in [0.2, 0.25) is 0 Å². The summed E-state index contributed by atoms with van der Waals surface area (Å²) in [4.78, 5) is 109. The first-order valence-electron chi connectivity index (χ1n) is 22.8. The first-order chi connectivity index (χ1) is 33.4. The number of sulfonamides is 1. The largest absolute Gasteiger partial charge is 0.480 e. The molecular formula is C43H67N11O16S. The number of anilines is 1. The van der Waals surface area contributed by atoms with Crippen molar-refractivity contribution in [2.24, 2.45) is 11.3 Å². The van der Waals surface area contributed by atoms with E-state index in [1.165, 1.54) is 0 Å². The van der Waals surface area contributed by atoms with Gasteiger partial charge in [-0.3, -0.25) is 33.5 Å². The van der Waals surface area contributed by atoms with E-state index >= 15 is 0 Å². The molecule has 0 fully saturated rings. The van der Waals surface area contributed by atoms with Crippen LogP contribution in [0.3, 0.4) is 0 Å². The molecule has 1 aromatic heterocycles. The lowest BCUT2D eigenvalue weighted by molar-refractivity contribution is -0.143. The van der Waals surface area contributed by atoms with E-state index in [-0.39, 0.29) is 75.7 Å². The summed E-state index contributed by atoms with van der Waals surface area (Å²) in [6, 6.07) is 2.12. The van der Waals surface area contributed by atoms with Crippen LogP contribution in [-0.2, 0) is 64.3 Å². The molecule has 1 heterocycles. The third-order valence-corrected chi connectivity index (χ3v) is 11.7. The van der Waals surface area contributed by atoms with Crippen molar-refractivity contribution in [3.05, 3.63) is 35.7 Å². The van der Waals surface area contributed by atoms with Crippen LogP contribution in [0, 0.1) is 11.3 Å². The summed E-state index contributed by atoms with van der Waals surface area (Å²) in [7, 11) is -4.12. The summed E-state index contributed by atoms with van der Waals surface area (Å²) in [5.41, 5.74) is 6.27. The molecule has 4 unspecified atom stereocenters. The number of benzene rings is 1. The lowest BCUT2D eigenvalue weighted by atomic mass is 9.79. The smallest absolute Gasteiger partial charge is 0.326 e. The summed E-state index contributed by atoms with van der Waals surface area (Å²) < 4.78 is 37.5. The van der Waals surface area contributed by atoms with Crippen molar-refractivity contribution >= 4 is 69.1 Å². The van der Waals surface area contributed by atoms with E-state index in [0.717, 1.165) is 0 Å². The Kier molecular flexibility index (Phi) is 26.7. The lowest BCUT2D eigenvalue weighted by Gasteiger charge is -2.26. The first kappa shape index (κ1) is 60.3. The van der Waals surface area contributed by atoms with E-state index in [1.807, 2.05) is 18.6 Å². The minimum Gasteiger partial charge on any atom is -0.480 e. The highest BCUT2D eigenvalue weighted by atomic mass is 32.2. The van der Waals surface area contributed by atoms with E-state index in [2.05, 4.69) is 47.2 Å². The molecule has 2 aromatic rings. The van der Waals surface area contributed by atoms with Crippen molar-refractivity contribution in [1.29, 1.82) is 0 Å². The van der Waals surface area contributed by atoms with E-state index < -0.39 is 107 Å². The van der Waals surface area contributed by atoms with Gasteiger partial charge in [0.15, 0.2) is 5.82 Å². The number of carboxylic acid groups (broad SMARTS) is 3. The van der Waals surface area contributed by atoms with Gasteiger partial charge in [0.1, 0.15) is 24.7 Å². The van der Waals surface area contributed by atoms with Crippen molar-refractivity contribution in [1.82, 2.24) is 51.9 Å². The molecule has 12 N–H and O–H groups in total. The number of hydrogen-bond donors (Lipinski definition) is 11. The number of carbonyl (C=O) groups is 9. The van der Waals surface area contributed by atoms with Crippen LogP contribution in [0.15, 0.2) is 24.3 Å². The SMILES string of the molecule is CC(CC(=O)NS(=O)(=O)CCCC(=O)NC(CCC(=O)NC(CCC(=O)NCCOCCOCC(=O)NC(CCCCNC(=O)c1ccc(N)cc1)C(=O)O)C(=O)O)C(=O)O)CC(C)(C)Cc1nn[nH]n1. The van der Waals surface area contributed by atoms with Gasteiger partial charge in [-0.05, 0) is 80.5 Å². The van der Waals surface area contributed by atoms with E-state index in [0.29, 0.717) is 49.3 Å². The molecule has 27 nitrogen and oxygen atoms in total. The number of nitrogens with two attached hydrogens (primary N) is 1. The monoisotopic (exact) mass is 1030 g/mol. The van der Waals surface area contributed by atoms with Crippen LogP contribution in [-0.4, -0.2) is 161 Å². The molecule has 2 rings (SSSR count). The molecule has 0 radical (unpaired) electrons. The van der Waals surface area contributed by atoms with Gasteiger partial charge in [0, 0.05) is 56.4 Å². The van der Waals surface area contributed by atoms with Crippen LogP contribution < -0.4 is 37.0 Å². The number of aliphatic carboxylic acids is 3. The second-order valence-electron chi connectivity index (χ2n) is 17.5. The number of nitrogens with zero attached hydrogens (tertiary/aromatic N) is 3. The van der Waals surface area contributed by atoms with Crippen LogP contribution in [0.1, 0.15) is 108 Å². The predicted octanol–water partition coefficient (Wildman–Crippen LogP) is -0.989. The third-order valence-electron chi connectivity index (χ3n) is 10.3. The number of hydrogen-bond acceptors (Lipinski definition) is 17. The standard InChI is InChI=1S/C43H67N11O16S/c1-27(24-43(2,3)25-33-50-53-54-51-33)23-37(58)52-71(67,68)22-6-8-35(56)47-32(42(65)66)14-16-36(57)48-31(41(63)64)13-15-34(55)45-18-19-69-20-21-70-26-38(59)49-30(40(61)62)7-4-5-17-46-39(60)28-9-11-29(44)12-10-28/h9-12,27,30-32H,4-8,13-26,44H2,1-3H3,(H,45,55)(H,46,60)(H,47,56)(H,48,57)(H,49,59)(H,52,58)(H,61,62)(H,63,64)(H,65,66)(H,50,51,53,54). The highest BCUT2D eigenvalue weighted by Gasteiger charge is 2.28. The Hall–Kier alpha value is -6.81. The number of aromatic nitrogens is 4. The molecule has 0 saturated heterocycles. The highest BCUT2D eigenvalue weighted by Crippen LogP contribution is 2.30. The molecule has 0 saturated carbocycles. The number of H-pyrrole nitrogens is 1. The maximum absolute atomic E-state index is 12.6. The second-order valence-corrected chi connectivity index (χ2v) is 19.3. The average molecular weight is 1030 g/mol. The molecule has 0 spiro atoms. The second kappa shape index (κ2) is 31.4. The summed E-state index contributed by atoms with van der Waals surface area (Å²) in [6.45, 7) is 5.59. The van der Waals surface area contributed by atoms with Gasteiger partial charge in [0.05, 0.1) is 25.6 Å². The maximum atomic E-state index is 12.6. The van der Waals surface area contributed by atoms with Crippen molar-refractivity contribution in [2.75, 3.05) is 51.0 Å². The Balaban J connectivity index is 1.58. The Morgan fingerprint density at radius 2 is 1.28 bits per heavy atom. The van der Waals surface area contributed by atoms with Crippen molar-refractivity contribution in [3.63, 3.8) is 0 Å². The predicted molar refractivity (Wildman–Crippen MR) is 250 cm³/mol. The number of rotatable bonds is 37. The summed E-state index contributed by atoms with van der Waals surface area (Å²) in [5, 5.41) is 54.4. The van der Waals surface area contributed by atoms with Crippen LogP contribution >= 0.6 is 0 Å². The molecule has 4 atom stereocenters. The summed E-state index contributed by atoms with van der Waals surface area (Å²) >= 11 is 0. The fourth-order valence-corrected chi connectivity index (χ4v) is 8.07. The highest BCUT2D eigenvalue weighted by molar-refractivity contribution is 7.90. The zero-order valence-corrected chi connectivity index (χ0v) is 40.8. The van der Waals surface area contributed by atoms with Gasteiger partial charge < -0.3 is 57.1 Å². The van der Waals surface area contributed by atoms with E-state index in [1.54, 1.807) is 31.2 Å². The molecule has 1 aromatic carbocycles. The molecule has 396 valence electrons. The van der Waals surface area contributed by atoms with Gasteiger partial charge in [-0.2, -0.15) is 5.21 Å². The third kappa shape index (κ3) is 27.2. The zero-order chi connectivity index (χ0) is 53.0. The zero-order valence-electron chi connectivity index (χ0n) is 40.0. The van der Waals surface area contributed by atoms with Gasteiger partial charge in [0.25, 0.3) is 5.91 Å². The van der Waals surface area contributed by atoms with Gasteiger partial charge in [-0.25, -0.2) is 22.8 Å². The van der Waals surface area contributed by atoms with E-state index in [9.17, 15) is 66.9 Å². The molecule has 0 bridgehead atoms. The molecule has 28 heteroatoms. The number of carboxylic acids is 3. The number of amides is 6. The Morgan fingerprint density at radius 3 is 1.89 bits per heavy atom. The molecule has 0 aliphatic heterocycles. The maximum Gasteiger partial charge on any atom is 0.326 e. The number of aromatic amines is 1. The van der Waals surface area contributed by atoms with Gasteiger partial charge in [-0.15, -0.1) is 10.2 Å². The van der Waals surface area contributed by atoms with Crippen LogP contribution in [0.25, 0.3) is 0 Å². The van der Waals surface area contributed by atoms with Crippen molar-refractivity contribution < 1.29 is 76.4 Å². The average Bonchev–Trinajstić information content (AvgIpc) is 3.78. The quantitative estimate of drug-likeness (QED) is 0.0286.